The number of carbonyl (C=O) groups excluding carboxylic acids is 1. The molecule has 0 unspecified atom stereocenters. The molecule has 5 nitrogen and oxygen atoms in total. The third-order valence-electron chi connectivity index (χ3n) is 4.28. The summed E-state index contributed by atoms with van der Waals surface area (Å²) in [7, 11) is 1.84. The smallest absolute Gasteiger partial charge is 0.240 e. The van der Waals surface area contributed by atoms with E-state index in [1.54, 1.807) is 23.5 Å². The second-order valence-electron chi connectivity index (χ2n) is 5.91. The molecule has 1 fully saturated rings. The van der Waals surface area contributed by atoms with Crippen LogP contribution in [0.25, 0.3) is 0 Å². The Morgan fingerprint density at radius 1 is 1.39 bits per heavy atom. The van der Waals surface area contributed by atoms with Gasteiger partial charge in [-0.3, -0.25) is 9.78 Å². The third-order valence-corrected chi connectivity index (χ3v) is 4.78. The fraction of sp³-hybridized carbons (Fsp3) is 0.353. The van der Waals surface area contributed by atoms with Crippen molar-refractivity contribution in [2.45, 2.75) is 24.8 Å². The van der Waals surface area contributed by atoms with E-state index in [9.17, 15) is 4.79 Å². The first-order valence-electron chi connectivity index (χ1n) is 7.63. The van der Waals surface area contributed by atoms with Crippen LogP contribution in [0.1, 0.15) is 24.8 Å². The number of halogens is 1. The molecule has 6 heteroatoms. The quantitative estimate of drug-likeness (QED) is 0.873. The number of carbonyl (C=O) groups is 1. The minimum absolute atomic E-state index is 0.00201. The zero-order valence-corrected chi connectivity index (χ0v) is 14.6. The van der Waals surface area contributed by atoms with Crippen molar-refractivity contribution in [3.8, 4) is 0 Å². The first-order valence-corrected chi connectivity index (χ1v) is 8.43. The largest absolute Gasteiger partial charge is 0.349 e. The lowest BCUT2D eigenvalue weighted by Gasteiger charge is -2.43. The first kappa shape index (κ1) is 15.9. The van der Waals surface area contributed by atoms with Crippen LogP contribution in [0, 0.1) is 0 Å². The van der Waals surface area contributed by atoms with E-state index < -0.39 is 0 Å². The van der Waals surface area contributed by atoms with Gasteiger partial charge < -0.3 is 10.2 Å². The van der Waals surface area contributed by atoms with Crippen molar-refractivity contribution in [2.24, 2.45) is 0 Å². The van der Waals surface area contributed by atoms with Gasteiger partial charge in [0.1, 0.15) is 5.82 Å². The molecule has 0 bridgehead atoms. The zero-order chi connectivity index (χ0) is 16.3. The Morgan fingerprint density at radius 3 is 2.83 bits per heavy atom. The van der Waals surface area contributed by atoms with Gasteiger partial charge in [0, 0.05) is 23.9 Å². The molecule has 1 aromatic heterocycles. The maximum atomic E-state index is 12.5. The molecule has 1 heterocycles. The van der Waals surface area contributed by atoms with Crippen LogP contribution < -0.4 is 10.2 Å². The van der Waals surface area contributed by atoms with Crippen LogP contribution in [-0.2, 0) is 10.3 Å². The Hall–Kier alpha value is -1.95. The number of amides is 1. The maximum absolute atomic E-state index is 12.5. The molecular weight excluding hydrogens is 356 g/mol. The molecule has 1 aliphatic carbocycles. The van der Waals surface area contributed by atoms with Gasteiger partial charge in [0.2, 0.25) is 5.91 Å². The standard InChI is InChI=1S/C17H19BrN4O/c1-22(15-11-19-8-9-20-15)12-16(23)21-17(6-3-7-17)13-4-2-5-14(18)10-13/h2,4-5,8-11H,3,6-7,12H2,1H3,(H,21,23). The van der Waals surface area contributed by atoms with Gasteiger partial charge in [-0.15, -0.1) is 0 Å². The Morgan fingerprint density at radius 2 is 2.22 bits per heavy atom. The van der Waals surface area contributed by atoms with E-state index in [2.05, 4.69) is 43.3 Å². The van der Waals surface area contributed by atoms with Crippen LogP contribution in [0.5, 0.6) is 0 Å². The Bertz CT molecular complexity index is 688. The molecule has 0 saturated heterocycles. The highest BCUT2D eigenvalue weighted by Gasteiger charge is 2.40. The number of anilines is 1. The summed E-state index contributed by atoms with van der Waals surface area (Å²) in [5.41, 5.74) is 0.929. The summed E-state index contributed by atoms with van der Waals surface area (Å²) in [6.07, 6.45) is 7.98. The molecule has 23 heavy (non-hydrogen) atoms. The van der Waals surface area contributed by atoms with Gasteiger partial charge in [-0.05, 0) is 37.0 Å². The number of likely N-dealkylation sites (N-methyl/N-ethyl adjacent to an activating group) is 1. The number of aromatic nitrogens is 2. The number of nitrogens with one attached hydrogen (secondary N) is 1. The highest BCUT2D eigenvalue weighted by molar-refractivity contribution is 9.10. The number of hydrogen-bond donors (Lipinski definition) is 1. The molecule has 1 aliphatic rings. The summed E-state index contributed by atoms with van der Waals surface area (Å²) in [5.74, 6) is 0.686. The average molecular weight is 375 g/mol. The van der Waals surface area contributed by atoms with E-state index in [1.807, 2.05) is 19.2 Å². The van der Waals surface area contributed by atoms with Crippen LogP contribution in [-0.4, -0.2) is 29.5 Å². The summed E-state index contributed by atoms with van der Waals surface area (Å²) in [4.78, 5) is 22.5. The fourth-order valence-corrected chi connectivity index (χ4v) is 3.29. The van der Waals surface area contributed by atoms with Gasteiger partial charge in [0.05, 0.1) is 18.3 Å². The monoisotopic (exact) mass is 374 g/mol. The number of benzene rings is 1. The van der Waals surface area contributed by atoms with Crippen LogP contribution in [0.3, 0.4) is 0 Å². The summed E-state index contributed by atoms with van der Waals surface area (Å²) >= 11 is 3.51. The topological polar surface area (TPSA) is 58.1 Å². The predicted octanol–water partition coefficient (Wildman–Crippen LogP) is 2.87. The van der Waals surface area contributed by atoms with Crippen molar-refractivity contribution in [1.82, 2.24) is 15.3 Å². The van der Waals surface area contributed by atoms with Crippen LogP contribution in [0.2, 0.25) is 0 Å². The maximum Gasteiger partial charge on any atom is 0.240 e. The lowest BCUT2D eigenvalue weighted by molar-refractivity contribution is -0.123. The lowest BCUT2D eigenvalue weighted by Crippen LogP contribution is -2.53. The van der Waals surface area contributed by atoms with Gasteiger partial charge in [0.15, 0.2) is 0 Å². The normalized spacial score (nSPS) is 15.6. The summed E-state index contributed by atoms with van der Waals surface area (Å²) in [5, 5.41) is 3.22. The van der Waals surface area contributed by atoms with E-state index in [4.69, 9.17) is 0 Å². The van der Waals surface area contributed by atoms with Crippen molar-refractivity contribution in [1.29, 1.82) is 0 Å². The second-order valence-corrected chi connectivity index (χ2v) is 6.83. The van der Waals surface area contributed by atoms with Crippen molar-refractivity contribution in [3.63, 3.8) is 0 Å². The average Bonchev–Trinajstić information content (AvgIpc) is 2.51. The van der Waals surface area contributed by atoms with E-state index in [0.717, 1.165) is 29.3 Å². The zero-order valence-electron chi connectivity index (χ0n) is 13.0. The van der Waals surface area contributed by atoms with Crippen molar-refractivity contribution in [2.75, 3.05) is 18.5 Å². The molecule has 0 aliphatic heterocycles. The lowest BCUT2D eigenvalue weighted by atomic mass is 9.72. The minimum atomic E-state index is -0.232. The van der Waals surface area contributed by atoms with Crippen LogP contribution in [0.4, 0.5) is 5.82 Å². The summed E-state index contributed by atoms with van der Waals surface area (Å²) < 4.78 is 1.03. The van der Waals surface area contributed by atoms with Crippen LogP contribution >= 0.6 is 15.9 Å². The van der Waals surface area contributed by atoms with E-state index in [-0.39, 0.29) is 18.0 Å². The van der Waals surface area contributed by atoms with E-state index in [0.29, 0.717) is 5.82 Å². The Kier molecular flexibility index (Phi) is 4.61. The molecule has 0 radical (unpaired) electrons. The van der Waals surface area contributed by atoms with Gasteiger partial charge >= 0.3 is 0 Å². The molecule has 0 atom stereocenters. The van der Waals surface area contributed by atoms with Gasteiger partial charge in [-0.25, -0.2) is 4.98 Å². The van der Waals surface area contributed by atoms with E-state index >= 15 is 0 Å². The molecular formula is C17H19BrN4O. The summed E-state index contributed by atoms with van der Waals surface area (Å²) in [6, 6.07) is 8.18. The molecule has 120 valence electrons. The molecule has 3 rings (SSSR count). The number of hydrogen-bond acceptors (Lipinski definition) is 4. The Balaban J connectivity index is 1.68. The number of rotatable bonds is 5. The number of nitrogens with zero attached hydrogens (tertiary/aromatic N) is 3. The second kappa shape index (κ2) is 6.66. The minimum Gasteiger partial charge on any atom is -0.349 e. The molecule has 2 aromatic rings. The third kappa shape index (κ3) is 3.52. The SMILES string of the molecule is CN(CC(=O)NC1(c2cccc(Br)c2)CCC1)c1cnccn1. The summed E-state index contributed by atoms with van der Waals surface area (Å²) in [6.45, 7) is 0.258. The van der Waals surface area contributed by atoms with Crippen molar-refractivity contribution < 1.29 is 4.79 Å². The highest BCUT2D eigenvalue weighted by Crippen LogP contribution is 2.41. The van der Waals surface area contributed by atoms with Crippen molar-refractivity contribution in [3.05, 3.63) is 52.9 Å². The molecule has 1 N–H and O–H groups in total. The molecule has 1 saturated carbocycles. The van der Waals surface area contributed by atoms with E-state index in [1.165, 1.54) is 0 Å². The molecule has 0 spiro atoms. The first-order chi connectivity index (χ1) is 11.1. The van der Waals surface area contributed by atoms with Gasteiger partial charge in [-0.2, -0.15) is 0 Å². The predicted molar refractivity (Wildman–Crippen MR) is 93.1 cm³/mol. The Labute approximate surface area is 144 Å². The molecule has 1 aromatic carbocycles. The van der Waals surface area contributed by atoms with Crippen LogP contribution in [0.15, 0.2) is 47.3 Å². The van der Waals surface area contributed by atoms with Crippen molar-refractivity contribution >= 4 is 27.7 Å². The fourth-order valence-electron chi connectivity index (χ4n) is 2.89. The highest BCUT2D eigenvalue weighted by atomic mass is 79.9. The molecule has 1 amide bonds. The van der Waals surface area contributed by atoms with Gasteiger partial charge in [-0.1, -0.05) is 28.1 Å². The van der Waals surface area contributed by atoms with Gasteiger partial charge in [0.25, 0.3) is 0 Å².